The third-order valence-electron chi connectivity index (χ3n) is 5.95. The van der Waals surface area contributed by atoms with E-state index in [9.17, 15) is 14.4 Å². The maximum atomic E-state index is 13.1. The smallest absolute Gasteiger partial charge is 0.338 e. The van der Waals surface area contributed by atoms with Crippen LogP contribution in [0.4, 0.5) is 0 Å². The van der Waals surface area contributed by atoms with Gasteiger partial charge in [-0.25, -0.2) is 14.4 Å². The molecule has 0 spiro atoms. The highest BCUT2D eigenvalue weighted by molar-refractivity contribution is 5.91. The van der Waals surface area contributed by atoms with Crippen molar-refractivity contribution in [1.82, 2.24) is 0 Å². The minimum Gasteiger partial charge on any atom is -0.452 e. The Hall–Kier alpha value is -4.66. The molecule has 1 heterocycles. The lowest BCUT2D eigenvalue weighted by Crippen LogP contribution is -2.61. The molecule has 0 aliphatic carbocycles. The first-order chi connectivity index (χ1) is 18.5. The Labute approximate surface area is 218 Å². The second-order valence-electron chi connectivity index (χ2n) is 8.50. The molecule has 0 saturated carbocycles. The fraction of sp³-hybridized carbons (Fsp3) is 0.250. The quantitative estimate of drug-likeness (QED) is 0.139. The molecule has 4 rings (SSSR count). The predicted molar refractivity (Wildman–Crippen MR) is 135 cm³/mol. The lowest BCUT2D eigenvalue weighted by Gasteiger charge is -2.43. The van der Waals surface area contributed by atoms with Crippen LogP contribution >= 0.6 is 0 Å². The molecule has 38 heavy (non-hydrogen) atoms. The van der Waals surface area contributed by atoms with Crippen LogP contribution in [0.1, 0.15) is 38.0 Å². The van der Waals surface area contributed by atoms with E-state index < -0.39 is 48.4 Å². The Bertz CT molecular complexity index is 1300. The Morgan fingerprint density at radius 2 is 1.11 bits per heavy atom. The molecule has 10 heteroatoms. The average Bonchev–Trinajstić information content (AvgIpc) is 2.96. The summed E-state index contributed by atoms with van der Waals surface area (Å²) in [7, 11) is 0. The van der Waals surface area contributed by atoms with Gasteiger partial charge >= 0.3 is 17.9 Å². The molecular weight excluding hydrogens is 490 g/mol. The molecule has 10 nitrogen and oxygen atoms in total. The summed E-state index contributed by atoms with van der Waals surface area (Å²) in [5.41, 5.74) is 9.68. The van der Waals surface area contributed by atoms with E-state index in [0.29, 0.717) is 0 Å². The van der Waals surface area contributed by atoms with Crippen molar-refractivity contribution in [3.05, 3.63) is 118 Å². The second kappa shape index (κ2) is 12.5. The average molecular weight is 516 g/mol. The van der Waals surface area contributed by atoms with Crippen molar-refractivity contribution >= 4 is 17.9 Å². The third kappa shape index (κ3) is 6.36. The van der Waals surface area contributed by atoms with E-state index in [4.69, 9.17) is 24.5 Å². The molecule has 5 atom stereocenters. The number of hydrogen-bond acceptors (Lipinski definition) is 8. The summed E-state index contributed by atoms with van der Waals surface area (Å²) in [5.74, 6) is -2.10. The molecule has 1 saturated heterocycles. The standard InChI is InChI=1S/C28H25N3O7/c1-18-23(36-26(32)19-11-5-2-6-12-19)25(38-28(34)21-15-9-4-10-16-21)24(22(35-18)17-30-31-29)37-27(33)20-13-7-3-8-14-20/h2-16,18,22-25H,17H2,1H3/t18-,22?,23?,24-,25-/m1/s1. The molecule has 1 aliphatic heterocycles. The fourth-order valence-corrected chi connectivity index (χ4v) is 4.10. The molecule has 3 aromatic carbocycles. The van der Waals surface area contributed by atoms with Crippen molar-refractivity contribution in [3.8, 4) is 0 Å². The molecule has 3 aromatic rings. The van der Waals surface area contributed by atoms with Crippen molar-refractivity contribution in [2.24, 2.45) is 5.11 Å². The number of carbonyl (C=O) groups excluding carboxylic acids is 3. The number of carbonyl (C=O) groups is 3. The summed E-state index contributed by atoms with van der Waals surface area (Å²) >= 11 is 0. The predicted octanol–water partition coefficient (Wildman–Crippen LogP) is 4.76. The number of rotatable bonds is 8. The van der Waals surface area contributed by atoms with Gasteiger partial charge in [-0.05, 0) is 48.9 Å². The number of esters is 3. The zero-order valence-corrected chi connectivity index (χ0v) is 20.5. The van der Waals surface area contributed by atoms with Crippen LogP contribution in [0.2, 0.25) is 0 Å². The second-order valence-corrected chi connectivity index (χ2v) is 8.50. The largest absolute Gasteiger partial charge is 0.452 e. The van der Waals surface area contributed by atoms with Crippen LogP contribution in [-0.4, -0.2) is 55.0 Å². The molecule has 1 aliphatic rings. The highest BCUT2D eigenvalue weighted by atomic mass is 16.6. The highest BCUT2D eigenvalue weighted by Gasteiger charge is 2.50. The van der Waals surface area contributed by atoms with Gasteiger partial charge in [0.1, 0.15) is 6.10 Å². The summed E-state index contributed by atoms with van der Waals surface area (Å²) in [4.78, 5) is 41.9. The zero-order valence-electron chi connectivity index (χ0n) is 20.5. The number of hydrogen-bond donors (Lipinski definition) is 0. The van der Waals surface area contributed by atoms with Crippen molar-refractivity contribution in [1.29, 1.82) is 0 Å². The summed E-state index contributed by atoms with van der Waals surface area (Å²) in [5, 5.41) is 3.58. The third-order valence-corrected chi connectivity index (χ3v) is 5.95. The zero-order chi connectivity index (χ0) is 26.9. The van der Waals surface area contributed by atoms with Gasteiger partial charge in [0.05, 0.1) is 29.3 Å². The molecule has 0 amide bonds. The van der Waals surface area contributed by atoms with Crippen LogP contribution in [-0.2, 0) is 18.9 Å². The van der Waals surface area contributed by atoms with Crippen molar-refractivity contribution < 1.29 is 33.3 Å². The lowest BCUT2D eigenvalue weighted by atomic mass is 9.94. The summed E-state index contributed by atoms with van der Waals surface area (Å²) < 4.78 is 23.4. The molecule has 194 valence electrons. The van der Waals surface area contributed by atoms with Crippen LogP contribution in [0.5, 0.6) is 0 Å². The molecule has 0 N–H and O–H groups in total. The van der Waals surface area contributed by atoms with Gasteiger partial charge in [-0.3, -0.25) is 0 Å². The van der Waals surface area contributed by atoms with Gasteiger partial charge in [0, 0.05) is 4.91 Å². The van der Waals surface area contributed by atoms with Gasteiger partial charge in [0.25, 0.3) is 0 Å². The normalized spacial score (nSPS) is 22.4. The molecular formula is C28H25N3O7. The first-order valence-corrected chi connectivity index (χ1v) is 11.9. The maximum absolute atomic E-state index is 13.1. The van der Waals surface area contributed by atoms with Crippen molar-refractivity contribution in [3.63, 3.8) is 0 Å². The van der Waals surface area contributed by atoms with Gasteiger partial charge in [0.2, 0.25) is 0 Å². The fourth-order valence-electron chi connectivity index (χ4n) is 4.10. The van der Waals surface area contributed by atoms with Crippen molar-refractivity contribution in [2.45, 2.75) is 37.4 Å². The number of benzene rings is 3. The van der Waals surface area contributed by atoms with E-state index in [1.807, 2.05) is 0 Å². The summed E-state index contributed by atoms with van der Waals surface area (Å²) in [6, 6.07) is 24.7. The Kier molecular flexibility index (Phi) is 8.71. The molecule has 0 aromatic heterocycles. The van der Waals surface area contributed by atoms with Gasteiger partial charge < -0.3 is 18.9 Å². The van der Waals surface area contributed by atoms with E-state index in [2.05, 4.69) is 10.0 Å². The minimum absolute atomic E-state index is 0.216. The van der Waals surface area contributed by atoms with E-state index in [1.54, 1.807) is 97.9 Å². The van der Waals surface area contributed by atoms with Crippen LogP contribution in [0.15, 0.2) is 96.1 Å². The SMILES string of the molecule is C[C@H]1OC(CN=[N+]=[N-])[C@@H](OC(=O)c2ccccc2)[C@H](OC(=O)c2ccccc2)C1OC(=O)c1ccccc1. The minimum atomic E-state index is -1.27. The highest BCUT2D eigenvalue weighted by Crippen LogP contribution is 2.30. The van der Waals surface area contributed by atoms with E-state index >= 15 is 0 Å². The molecule has 2 unspecified atom stereocenters. The maximum Gasteiger partial charge on any atom is 0.338 e. The molecule has 0 radical (unpaired) electrons. The first kappa shape index (κ1) is 26.4. The Morgan fingerprint density at radius 3 is 1.53 bits per heavy atom. The van der Waals surface area contributed by atoms with E-state index in [0.717, 1.165) is 0 Å². The first-order valence-electron chi connectivity index (χ1n) is 11.9. The van der Waals surface area contributed by atoms with Crippen LogP contribution in [0.25, 0.3) is 10.4 Å². The monoisotopic (exact) mass is 515 g/mol. The van der Waals surface area contributed by atoms with Gasteiger partial charge in [0.15, 0.2) is 18.3 Å². The Balaban J connectivity index is 1.70. The lowest BCUT2D eigenvalue weighted by molar-refractivity contribution is -0.214. The molecule has 0 bridgehead atoms. The van der Waals surface area contributed by atoms with Crippen molar-refractivity contribution in [2.75, 3.05) is 6.54 Å². The van der Waals surface area contributed by atoms with Gasteiger partial charge in [-0.2, -0.15) is 0 Å². The Morgan fingerprint density at radius 1 is 0.711 bits per heavy atom. The summed E-state index contributed by atoms with van der Waals surface area (Å²) in [6.07, 6.45) is -5.46. The van der Waals surface area contributed by atoms with Crippen LogP contribution < -0.4 is 0 Å². The topological polar surface area (TPSA) is 137 Å². The summed E-state index contributed by atoms with van der Waals surface area (Å²) in [6.45, 7) is 1.41. The van der Waals surface area contributed by atoms with E-state index in [-0.39, 0.29) is 23.2 Å². The number of nitrogens with zero attached hydrogens (tertiary/aromatic N) is 3. The van der Waals surface area contributed by atoms with Gasteiger partial charge in [-0.15, -0.1) is 0 Å². The molecule has 1 fully saturated rings. The van der Waals surface area contributed by atoms with Crippen LogP contribution in [0.3, 0.4) is 0 Å². The number of azide groups is 1. The number of ether oxygens (including phenoxy) is 4. The van der Waals surface area contributed by atoms with Crippen LogP contribution in [0, 0.1) is 0 Å². The van der Waals surface area contributed by atoms with Gasteiger partial charge in [-0.1, -0.05) is 59.7 Å². The van der Waals surface area contributed by atoms with E-state index in [1.165, 1.54) is 0 Å².